The number of benzene rings is 1. The highest BCUT2D eigenvalue weighted by Gasteiger charge is 2.28. The smallest absolute Gasteiger partial charge is 0.354 e. The molecule has 1 fully saturated rings. The van der Waals surface area contributed by atoms with E-state index in [4.69, 9.17) is 9.84 Å². The molecule has 1 saturated heterocycles. The molecule has 0 radical (unpaired) electrons. The molecule has 2 aromatic rings. The van der Waals surface area contributed by atoms with Gasteiger partial charge in [0.05, 0.1) is 12.6 Å². The van der Waals surface area contributed by atoms with E-state index in [1.807, 2.05) is 30.3 Å². The van der Waals surface area contributed by atoms with Crippen LogP contribution in [0.5, 0.6) is 0 Å². The molecule has 0 unspecified atom stereocenters. The maximum atomic E-state index is 12.9. The van der Waals surface area contributed by atoms with Crippen LogP contribution in [0.4, 0.5) is 0 Å². The summed E-state index contributed by atoms with van der Waals surface area (Å²) in [6, 6.07) is 14.4. The van der Waals surface area contributed by atoms with E-state index in [1.54, 1.807) is 17.0 Å². The Morgan fingerprint density at radius 1 is 1.12 bits per heavy atom. The van der Waals surface area contributed by atoms with Crippen LogP contribution in [0.3, 0.4) is 0 Å². The topological polar surface area (TPSA) is 79.7 Å². The molecule has 6 nitrogen and oxygen atoms in total. The summed E-state index contributed by atoms with van der Waals surface area (Å²) in [6.45, 7) is 1.66. The first-order valence-electron chi connectivity index (χ1n) is 8.28. The summed E-state index contributed by atoms with van der Waals surface area (Å²) in [5, 5.41) is 9.09. The Labute approximate surface area is 146 Å². The number of carbonyl (C=O) groups excluding carboxylic acids is 1. The molecule has 0 aliphatic carbocycles. The van der Waals surface area contributed by atoms with Gasteiger partial charge in [0.1, 0.15) is 11.4 Å². The summed E-state index contributed by atoms with van der Waals surface area (Å²) in [5.41, 5.74) is 1.17. The van der Waals surface area contributed by atoms with Gasteiger partial charge < -0.3 is 14.7 Å². The molecule has 25 heavy (non-hydrogen) atoms. The Morgan fingerprint density at radius 3 is 2.56 bits per heavy atom. The fourth-order valence-electron chi connectivity index (χ4n) is 2.93. The van der Waals surface area contributed by atoms with Crippen molar-refractivity contribution >= 4 is 11.9 Å². The third-order valence-corrected chi connectivity index (χ3v) is 4.28. The first-order chi connectivity index (χ1) is 12.1. The van der Waals surface area contributed by atoms with Crippen molar-refractivity contribution in [2.24, 2.45) is 0 Å². The number of ether oxygens (including phenoxy) is 1. The van der Waals surface area contributed by atoms with Gasteiger partial charge in [-0.3, -0.25) is 4.79 Å². The molecule has 0 saturated carbocycles. The number of hydrogen-bond donors (Lipinski definition) is 1. The lowest BCUT2D eigenvalue weighted by atomic mass is 10.1. The second-order valence-electron chi connectivity index (χ2n) is 5.96. The van der Waals surface area contributed by atoms with Crippen molar-refractivity contribution in [2.75, 3.05) is 19.8 Å². The Balaban J connectivity index is 1.79. The van der Waals surface area contributed by atoms with Gasteiger partial charge in [-0.05, 0) is 30.5 Å². The zero-order chi connectivity index (χ0) is 17.6. The number of carbonyl (C=O) groups is 2. The van der Waals surface area contributed by atoms with Crippen LogP contribution in [0.15, 0.2) is 48.5 Å². The second-order valence-corrected chi connectivity index (χ2v) is 5.96. The predicted octanol–water partition coefficient (Wildman–Crippen LogP) is 2.25. The van der Waals surface area contributed by atoms with E-state index in [0.717, 1.165) is 18.4 Å². The van der Waals surface area contributed by atoms with Gasteiger partial charge in [0.15, 0.2) is 0 Å². The van der Waals surface area contributed by atoms with Crippen LogP contribution >= 0.6 is 0 Å². The number of aromatic carboxylic acids is 1. The van der Waals surface area contributed by atoms with E-state index in [9.17, 15) is 9.59 Å². The lowest BCUT2D eigenvalue weighted by Gasteiger charge is -2.28. The van der Waals surface area contributed by atoms with Crippen molar-refractivity contribution in [1.82, 2.24) is 9.88 Å². The van der Waals surface area contributed by atoms with Crippen LogP contribution in [0.25, 0.3) is 0 Å². The fraction of sp³-hybridized carbons (Fsp3) is 0.316. The van der Waals surface area contributed by atoms with Gasteiger partial charge >= 0.3 is 5.97 Å². The molecular weight excluding hydrogens is 320 g/mol. The lowest BCUT2D eigenvalue weighted by molar-refractivity contribution is 0.0649. The number of pyridine rings is 1. The number of hydrogen-bond acceptors (Lipinski definition) is 4. The van der Waals surface area contributed by atoms with E-state index in [1.165, 1.54) is 6.07 Å². The third-order valence-electron chi connectivity index (χ3n) is 4.28. The highest BCUT2D eigenvalue weighted by Crippen LogP contribution is 2.17. The third kappa shape index (κ3) is 4.22. The molecule has 6 heteroatoms. The van der Waals surface area contributed by atoms with Crippen molar-refractivity contribution in [3.63, 3.8) is 0 Å². The van der Waals surface area contributed by atoms with Crippen LogP contribution in [0.2, 0.25) is 0 Å². The molecule has 130 valence electrons. The predicted molar refractivity (Wildman–Crippen MR) is 91.6 cm³/mol. The molecule has 0 spiro atoms. The second kappa shape index (κ2) is 7.90. The maximum Gasteiger partial charge on any atom is 0.354 e. The van der Waals surface area contributed by atoms with Crippen LogP contribution in [0.1, 0.15) is 33.0 Å². The highest BCUT2D eigenvalue weighted by molar-refractivity contribution is 5.94. The average molecular weight is 340 g/mol. The van der Waals surface area contributed by atoms with Crippen LogP contribution in [0, 0.1) is 0 Å². The van der Waals surface area contributed by atoms with Gasteiger partial charge in [-0.15, -0.1) is 0 Å². The van der Waals surface area contributed by atoms with E-state index >= 15 is 0 Å². The molecular formula is C19H20N2O4. The van der Waals surface area contributed by atoms with Crippen molar-refractivity contribution in [1.29, 1.82) is 0 Å². The SMILES string of the molecule is O=C(O)c1cccc(C(=O)N(CCc2ccccc2)[C@H]2CCOC2)n1. The summed E-state index contributed by atoms with van der Waals surface area (Å²) in [4.78, 5) is 29.8. The van der Waals surface area contributed by atoms with Gasteiger partial charge in [-0.2, -0.15) is 0 Å². The van der Waals surface area contributed by atoms with E-state index in [2.05, 4.69) is 4.98 Å². The highest BCUT2D eigenvalue weighted by atomic mass is 16.5. The lowest BCUT2D eigenvalue weighted by Crippen LogP contribution is -2.42. The van der Waals surface area contributed by atoms with Gasteiger partial charge in [0, 0.05) is 13.2 Å². The van der Waals surface area contributed by atoms with Crippen molar-refractivity contribution in [2.45, 2.75) is 18.9 Å². The zero-order valence-corrected chi connectivity index (χ0v) is 13.8. The Morgan fingerprint density at radius 2 is 1.88 bits per heavy atom. The minimum atomic E-state index is -1.14. The molecule has 1 aromatic heterocycles. The number of amides is 1. The first-order valence-corrected chi connectivity index (χ1v) is 8.28. The minimum Gasteiger partial charge on any atom is -0.477 e. The molecule has 0 bridgehead atoms. The van der Waals surface area contributed by atoms with E-state index in [0.29, 0.717) is 19.8 Å². The van der Waals surface area contributed by atoms with Gasteiger partial charge in [0.25, 0.3) is 5.91 Å². The molecule has 1 N–H and O–H groups in total. The number of rotatable bonds is 6. The van der Waals surface area contributed by atoms with Gasteiger partial charge in [0.2, 0.25) is 0 Å². The van der Waals surface area contributed by atoms with Gasteiger partial charge in [-0.25, -0.2) is 9.78 Å². The summed E-state index contributed by atoms with van der Waals surface area (Å²) in [5.74, 6) is -1.40. The first kappa shape index (κ1) is 17.1. The van der Waals surface area contributed by atoms with Crippen molar-refractivity contribution in [3.8, 4) is 0 Å². The Hall–Kier alpha value is -2.73. The standard InChI is InChI=1S/C19H20N2O4/c22-18(16-7-4-8-17(20-16)19(23)24)21(15-10-12-25-13-15)11-9-14-5-2-1-3-6-14/h1-8,15H,9-13H2,(H,23,24)/t15-/m0/s1. The van der Waals surface area contributed by atoms with Crippen LogP contribution in [-0.2, 0) is 11.2 Å². The molecule has 3 rings (SSSR count). The van der Waals surface area contributed by atoms with Crippen molar-refractivity contribution < 1.29 is 19.4 Å². The van der Waals surface area contributed by atoms with Crippen molar-refractivity contribution in [3.05, 3.63) is 65.5 Å². The number of nitrogens with zero attached hydrogens (tertiary/aromatic N) is 2. The zero-order valence-electron chi connectivity index (χ0n) is 13.8. The summed E-state index contributed by atoms with van der Waals surface area (Å²) in [7, 11) is 0. The molecule has 1 aliphatic heterocycles. The summed E-state index contributed by atoms with van der Waals surface area (Å²) in [6.07, 6.45) is 1.50. The van der Waals surface area contributed by atoms with Crippen LogP contribution in [-0.4, -0.2) is 52.7 Å². The average Bonchev–Trinajstić information content (AvgIpc) is 3.17. The van der Waals surface area contributed by atoms with Crippen LogP contribution < -0.4 is 0 Å². The Kier molecular flexibility index (Phi) is 5.40. The minimum absolute atomic E-state index is 0.00787. The van der Waals surface area contributed by atoms with Gasteiger partial charge in [-0.1, -0.05) is 36.4 Å². The summed E-state index contributed by atoms with van der Waals surface area (Å²) < 4.78 is 5.43. The Bertz CT molecular complexity index is 742. The largest absolute Gasteiger partial charge is 0.477 e. The summed E-state index contributed by atoms with van der Waals surface area (Å²) >= 11 is 0. The monoisotopic (exact) mass is 340 g/mol. The molecule has 1 amide bonds. The quantitative estimate of drug-likeness (QED) is 0.872. The van der Waals surface area contributed by atoms with E-state index < -0.39 is 5.97 Å². The number of carboxylic acids is 1. The fourth-order valence-corrected chi connectivity index (χ4v) is 2.93. The molecule has 2 heterocycles. The molecule has 1 atom stereocenters. The normalized spacial score (nSPS) is 16.6. The number of carboxylic acid groups (broad SMARTS) is 1. The van der Waals surface area contributed by atoms with E-state index in [-0.39, 0.29) is 23.3 Å². The maximum absolute atomic E-state index is 12.9. The number of aromatic nitrogens is 1. The molecule has 1 aromatic carbocycles. The molecule has 1 aliphatic rings.